The fourth-order valence-electron chi connectivity index (χ4n) is 3.76. The van der Waals surface area contributed by atoms with E-state index < -0.39 is 0 Å². The first-order chi connectivity index (χ1) is 8.79. The van der Waals surface area contributed by atoms with Gasteiger partial charge in [-0.25, -0.2) is 0 Å². The van der Waals surface area contributed by atoms with Gasteiger partial charge in [-0.05, 0) is 22.3 Å². The van der Waals surface area contributed by atoms with Crippen LogP contribution in [-0.4, -0.2) is 12.1 Å². The van der Waals surface area contributed by atoms with E-state index >= 15 is 0 Å². The Kier molecular flexibility index (Phi) is 1.97. The van der Waals surface area contributed by atoms with E-state index in [1.165, 1.54) is 22.3 Å². The highest BCUT2D eigenvalue weighted by Gasteiger charge is 2.46. The van der Waals surface area contributed by atoms with Gasteiger partial charge in [0.2, 0.25) is 0 Å². The van der Waals surface area contributed by atoms with Crippen LogP contribution in [-0.2, 0) is 0 Å². The van der Waals surface area contributed by atoms with Crippen molar-refractivity contribution in [2.75, 3.05) is 0 Å². The zero-order valence-corrected chi connectivity index (χ0v) is 10.1. The third-order valence-electron chi connectivity index (χ3n) is 4.55. The lowest BCUT2D eigenvalue weighted by Gasteiger charge is -2.48. The maximum Gasteiger partial charge on any atom is 0.0312 e. The molecule has 5 rings (SSSR count). The zero-order valence-electron chi connectivity index (χ0n) is 10.1. The van der Waals surface area contributed by atoms with Crippen LogP contribution in [0.15, 0.2) is 48.5 Å². The standard InChI is InChI=1S/C16H16N2/c17-15-13-9-5-1-2-6-10(9)14(16(15)18)12-8-4-3-7-11(12)13/h1-8,13-16H,17-18H2/t13-,14-,15?,16?. The van der Waals surface area contributed by atoms with E-state index in [4.69, 9.17) is 11.5 Å². The smallest absolute Gasteiger partial charge is 0.0312 e. The molecule has 3 aliphatic carbocycles. The monoisotopic (exact) mass is 236 g/mol. The molecule has 3 aliphatic rings. The van der Waals surface area contributed by atoms with Gasteiger partial charge in [0.05, 0.1) is 0 Å². The summed E-state index contributed by atoms with van der Waals surface area (Å²) in [6, 6.07) is 17.3. The van der Waals surface area contributed by atoms with Gasteiger partial charge in [0, 0.05) is 23.9 Å². The Balaban J connectivity index is 2.06. The lowest BCUT2D eigenvalue weighted by molar-refractivity contribution is 0.385. The summed E-state index contributed by atoms with van der Waals surface area (Å²) in [5.41, 5.74) is 18.2. The highest BCUT2D eigenvalue weighted by Crippen LogP contribution is 2.51. The Labute approximate surface area is 107 Å². The molecular formula is C16H16N2. The van der Waals surface area contributed by atoms with E-state index in [1.54, 1.807) is 0 Å². The van der Waals surface area contributed by atoms with Crippen LogP contribution in [0.2, 0.25) is 0 Å². The fraction of sp³-hybridized carbons (Fsp3) is 0.250. The van der Waals surface area contributed by atoms with E-state index in [1.807, 2.05) is 0 Å². The molecule has 2 bridgehead atoms. The Morgan fingerprint density at radius 3 is 1.11 bits per heavy atom. The number of hydrogen-bond donors (Lipinski definition) is 2. The Morgan fingerprint density at radius 1 is 0.556 bits per heavy atom. The number of nitrogens with two attached hydrogens (primary N) is 2. The van der Waals surface area contributed by atoms with E-state index in [2.05, 4.69) is 48.5 Å². The Hall–Kier alpha value is -1.64. The van der Waals surface area contributed by atoms with Gasteiger partial charge < -0.3 is 11.5 Å². The van der Waals surface area contributed by atoms with Gasteiger partial charge in [0.15, 0.2) is 0 Å². The molecule has 0 fully saturated rings. The van der Waals surface area contributed by atoms with Crippen LogP contribution >= 0.6 is 0 Å². The summed E-state index contributed by atoms with van der Waals surface area (Å²) in [7, 11) is 0. The average Bonchev–Trinajstić information content (AvgIpc) is 2.42. The Bertz CT molecular complexity index is 518. The van der Waals surface area contributed by atoms with Crippen molar-refractivity contribution in [3.05, 3.63) is 70.8 Å². The summed E-state index contributed by atoms with van der Waals surface area (Å²) in [6.07, 6.45) is 0. The van der Waals surface area contributed by atoms with Crippen LogP contribution in [0.5, 0.6) is 0 Å². The fourth-order valence-corrected chi connectivity index (χ4v) is 3.76. The molecule has 0 aromatic heterocycles. The van der Waals surface area contributed by atoms with Gasteiger partial charge in [-0.15, -0.1) is 0 Å². The predicted octanol–water partition coefficient (Wildman–Crippen LogP) is 1.93. The first-order valence-corrected chi connectivity index (χ1v) is 6.48. The highest BCUT2D eigenvalue weighted by molar-refractivity contribution is 5.58. The Morgan fingerprint density at radius 2 is 0.833 bits per heavy atom. The SMILES string of the molecule is NC1C(N)[C@H]2c3ccccc3[C@H]1c1ccccc12. The van der Waals surface area contributed by atoms with Gasteiger partial charge >= 0.3 is 0 Å². The highest BCUT2D eigenvalue weighted by atomic mass is 14.8. The lowest BCUT2D eigenvalue weighted by Crippen LogP contribution is -2.56. The normalized spacial score (nSPS) is 31.9. The molecule has 2 heteroatoms. The number of rotatable bonds is 0. The van der Waals surface area contributed by atoms with Gasteiger partial charge in [-0.3, -0.25) is 0 Å². The summed E-state index contributed by atoms with van der Waals surface area (Å²) in [5, 5.41) is 0. The maximum absolute atomic E-state index is 6.37. The van der Waals surface area contributed by atoms with Gasteiger partial charge in [0.1, 0.15) is 0 Å². The zero-order chi connectivity index (χ0) is 12.3. The molecule has 18 heavy (non-hydrogen) atoms. The topological polar surface area (TPSA) is 52.0 Å². The average molecular weight is 236 g/mol. The largest absolute Gasteiger partial charge is 0.326 e. The molecule has 0 radical (unpaired) electrons. The minimum Gasteiger partial charge on any atom is -0.326 e. The molecule has 0 spiro atoms. The lowest BCUT2D eigenvalue weighted by atomic mass is 9.60. The second-order valence-corrected chi connectivity index (χ2v) is 5.37. The molecule has 0 saturated carbocycles. The van der Waals surface area contributed by atoms with Crippen LogP contribution in [0.1, 0.15) is 34.1 Å². The van der Waals surface area contributed by atoms with Crippen molar-refractivity contribution in [3.8, 4) is 0 Å². The molecule has 2 nitrogen and oxygen atoms in total. The quantitative estimate of drug-likeness (QED) is 0.734. The van der Waals surface area contributed by atoms with Crippen molar-refractivity contribution in [2.24, 2.45) is 11.5 Å². The van der Waals surface area contributed by atoms with Crippen molar-refractivity contribution in [1.29, 1.82) is 0 Å². The van der Waals surface area contributed by atoms with Crippen LogP contribution in [0.25, 0.3) is 0 Å². The van der Waals surface area contributed by atoms with E-state index in [0.29, 0.717) is 0 Å². The number of benzene rings is 2. The first-order valence-electron chi connectivity index (χ1n) is 6.48. The van der Waals surface area contributed by atoms with Crippen LogP contribution in [0, 0.1) is 0 Å². The van der Waals surface area contributed by atoms with Gasteiger partial charge in [0.25, 0.3) is 0 Å². The van der Waals surface area contributed by atoms with Crippen molar-refractivity contribution >= 4 is 0 Å². The molecular weight excluding hydrogens is 220 g/mol. The molecule has 0 heterocycles. The first kappa shape index (κ1) is 10.3. The van der Waals surface area contributed by atoms with Crippen molar-refractivity contribution in [2.45, 2.75) is 23.9 Å². The molecule has 0 saturated heterocycles. The summed E-state index contributed by atoms with van der Waals surface area (Å²) in [4.78, 5) is 0. The van der Waals surface area contributed by atoms with Crippen molar-refractivity contribution < 1.29 is 0 Å². The predicted molar refractivity (Wildman–Crippen MR) is 72.5 cm³/mol. The minimum absolute atomic E-state index is 0.0276. The molecule has 0 aliphatic heterocycles. The summed E-state index contributed by atoms with van der Waals surface area (Å²) in [5.74, 6) is 0.523. The molecule has 0 amide bonds. The van der Waals surface area contributed by atoms with E-state index in [9.17, 15) is 0 Å². The molecule has 2 aromatic rings. The van der Waals surface area contributed by atoms with E-state index in [0.717, 1.165) is 0 Å². The van der Waals surface area contributed by atoms with Crippen LogP contribution in [0.3, 0.4) is 0 Å². The van der Waals surface area contributed by atoms with Gasteiger partial charge in [-0.1, -0.05) is 48.5 Å². The van der Waals surface area contributed by atoms with Crippen molar-refractivity contribution in [1.82, 2.24) is 0 Å². The third kappa shape index (κ3) is 1.10. The summed E-state index contributed by atoms with van der Waals surface area (Å²) < 4.78 is 0. The second kappa shape index (κ2) is 3.44. The van der Waals surface area contributed by atoms with Crippen molar-refractivity contribution in [3.63, 3.8) is 0 Å². The number of fused-ring (bicyclic) bond motifs is 1. The molecule has 2 unspecified atom stereocenters. The molecule has 2 atom stereocenters. The number of hydrogen-bond acceptors (Lipinski definition) is 2. The molecule has 4 N–H and O–H groups in total. The third-order valence-corrected chi connectivity index (χ3v) is 4.55. The van der Waals surface area contributed by atoms with Crippen LogP contribution in [0.4, 0.5) is 0 Å². The molecule has 2 aromatic carbocycles. The van der Waals surface area contributed by atoms with Gasteiger partial charge in [-0.2, -0.15) is 0 Å². The maximum atomic E-state index is 6.37. The van der Waals surface area contributed by atoms with E-state index in [-0.39, 0.29) is 23.9 Å². The minimum atomic E-state index is 0.0276. The van der Waals surface area contributed by atoms with Crippen LogP contribution < -0.4 is 11.5 Å². The second-order valence-electron chi connectivity index (χ2n) is 5.37. The molecule has 90 valence electrons. The summed E-state index contributed by atoms with van der Waals surface area (Å²) in [6.45, 7) is 0. The summed E-state index contributed by atoms with van der Waals surface area (Å²) >= 11 is 0.